The van der Waals surface area contributed by atoms with Crippen molar-refractivity contribution in [2.45, 2.75) is 57.0 Å². The van der Waals surface area contributed by atoms with E-state index >= 15 is 0 Å². The second-order valence-corrected chi connectivity index (χ2v) is 10.3. The minimum absolute atomic E-state index is 0.0855. The highest BCUT2D eigenvalue weighted by molar-refractivity contribution is 6.35. The summed E-state index contributed by atoms with van der Waals surface area (Å²) in [5, 5.41) is 2.77. The van der Waals surface area contributed by atoms with Gasteiger partial charge in [0.15, 0.2) is 0 Å². The molecule has 1 heterocycles. The quantitative estimate of drug-likeness (QED) is 0.293. The van der Waals surface area contributed by atoms with Gasteiger partial charge in [-0.25, -0.2) is 5.84 Å². The van der Waals surface area contributed by atoms with Crippen LogP contribution in [0.5, 0.6) is 0 Å². The first-order valence-electron chi connectivity index (χ1n) is 11.9. The number of benzene rings is 2. The monoisotopic (exact) mass is 501 g/mol. The number of anilines is 2. The van der Waals surface area contributed by atoms with Crippen molar-refractivity contribution in [1.29, 1.82) is 0 Å². The summed E-state index contributed by atoms with van der Waals surface area (Å²) in [6.45, 7) is 3.20. The molecule has 4 rings (SSSR count). The third-order valence-electron chi connectivity index (χ3n) is 7.18. The van der Waals surface area contributed by atoms with Gasteiger partial charge in [0.1, 0.15) is 0 Å². The van der Waals surface area contributed by atoms with Crippen LogP contribution in [0, 0.1) is 0 Å². The van der Waals surface area contributed by atoms with E-state index in [1.165, 1.54) is 5.57 Å². The summed E-state index contributed by atoms with van der Waals surface area (Å²) in [7, 11) is 0. The molecule has 1 amide bonds. The van der Waals surface area contributed by atoms with Crippen molar-refractivity contribution in [3.8, 4) is 0 Å². The van der Waals surface area contributed by atoms with E-state index in [1.54, 1.807) is 17.1 Å². The molecule has 1 aliphatic carbocycles. The second-order valence-electron chi connectivity index (χ2n) is 9.47. The van der Waals surface area contributed by atoms with Gasteiger partial charge in [0.2, 0.25) is 5.91 Å². The molecule has 0 saturated heterocycles. The Bertz CT molecular complexity index is 1100. The molecule has 6 nitrogen and oxygen atoms in total. The third kappa shape index (κ3) is 5.05. The maximum atomic E-state index is 13.1. The van der Waals surface area contributed by atoms with E-state index in [1.807, 2.05) is 36.1 Å². The summed E-state index contributed by atoms with van der Waals surface area (Å²) in [5.41, 5.74) is 16.5. The Morgan fingerprint density at radius 2 is 1.85 bits per heavy atom. The lowest BCUT2D eigenvalue weighted by Crippen LogP contribution is -2.56. The van der Waals surface area contributed by atoms with Crippen molar-refractivity contribution in [2.75, 3.05) is 23.8 Å². The van der Waals surface area contributed by atoms with Crippen LogP contribution < -0.4 is 22.3 Å². The molecule has 1 aliphatic heterocycles. The highest BCUT2D eigenvalue weighted by Crippen LogP contribution is 2.36. The highest BCUT2D eigenvalue weighted by Gasteiger charge is 2.38. The lowest BCUT2D eigenvalue weighted by molar-refractivity contribution is -0.137. The molecule has 0 radical (unpaired) electrons. The second kappa shape index (κ2) is 10.2. The fourth-order valence-corrected chi connectivity index (χ4v) is 5.56. The van der Waals surface area contributed by atoms with Gasteiger partial charge >= 0.3 is 0 Å². The van der Waals surface area contributed by atoms with Crippen molar-refractivity contribution in [1.82, 2.24) is 4.90 Å². The number of hydrogen-bond acceptors (Lipinski definition) is 5. The number of carbonyl (C=O) groups excluding carboxylic acids is 1. The fraction of sp³-hybridized carbons (Fsp3) is 0.423. The third-order valence-corrected chi connectivity index (χ3v) is 7.74. The summed E-state index contributed by atoms with van der Waals surface area (Å²) >= 11 is 12.5. The first-order valence-corrected chi connectivity index (χ1v) is 12.6. The molecule has 2 aromatic carbocycles. The summed E-state index contributed by atoms with van der Waals surface area (Å²) in [4.78, 5) is 15.0. The van der Waals surface area contributed by atoms with E-state index in [2.05, 4.69) is 6.08 Å². The summed E-state index contributed by atoms with van der Waals surface area (Å²) < 4.78 is 0. The number of nitrogens with two attached hydrogens (primary N) is 3. The van der Waals surface area contributed by atoms with Crippen molar-refractivity contribution < 1.29 is 4.79 Å². The van der Waals surface area contributed by atoms with E-state index < -0.39 is 5.54 Å². The van der Waals surface area contributed by atoms with Gasteiger partial charge in [-0.05, 0) is 67.2 Å². The number of nitrogen functional groups attached to an aromatic ring is 1. The zero-order valence-electron chi connectivity index (χ0n) is 19.6. The van der Waals surface area contributed by atoms with Gasteiger partial charge in [-0.15, -0.1) is 0 Å². The molecule has 1 atom stereocenters. The Hall–Kier alpha value is -2.25. The Morgan fingerprint density at radius 1 is 1.12 bits per heavy atom. The molecule has 8 heteroatoms. The van der Waals surface area contributed by atoms with Crippen molar-refractivity contribution in [3.63, 3.8) is 0 Å². The summed E-state index contributed by atoms with van der Waals surface area (Å²) in [5.74, 6) is 6.60. The largest absolute Gasteiger partial charge is 0.397 e. The predicted molar refractivity (Wildman–Crippen MR) is 142 cm³/mol. The van der Waals surface area contributed by atoms with Crippen molar-refractivity contribution in [2.24, 2.45) is 11.6 Å². The minimum Gasteiger partial charge on any atom is -0.397 e. The van der Waals surface area contributed by atoms with Gasteiger partial charge < -0.3 is 21.4 Å². The first kappa shape index (κ1) is 24.9. The van der Waals surface area contributed by atoms with Crippen LogP contribution in [0.1, 0.15) is 62.6 Å². The molecule has 0 aromatic heterocycles. The zero-order valence-corrected chi connectivity index (χ0v) is 21.1. The van der Waals surface area contributed by atoms with Crippen LogP contribution in [-0.2, 0) is 4.79 Å². The van der Waals surface area contributed by atoms with E-state index in [9.17, 15) is 4.79 Å². The molecule has 6 N–H and O–H groups in total. The highest BCUT2D eigenvalue weighted by atomic mass is 35.5. The lowest BCUT2D eigenvalue weighted by atomic mass is 9.81. The number of hydrazine groups is 1. The molecule has 182 valence electrons. The van der Waals surface area contributed by atoms with Crippen LogP contribution in [-0.4, -0.2) is 29.4 Å². The molecule has 1 fully saturated rings. The van der Waals surface area contributed by atoms with E-state index in [0.717, 1.165) is 55.3 Å². The molecule has 0 unspecified atom stereocenters. The van der Waals surface area contributed by atoms with Crippen LogP contribution >= 0.6 is 23.2 Å². The van der Waals surface area contributed by atoms with E-state index in [-0.39, 0.29) is 11.9 Å². The zero-order chi connectivity index (χ0) is 24.5. The number of halogens is 2. The maximum absolute atomic E-state index is 13.1. The number of carbonyl (C=O) groups is 1. The van der Waals surface area contributed by atoms with Gasteiger partial charge in [0.05, 0.1) is 23.0 Å². The molecule has 34 heavy (non-hydrogen) atoms. The Morgan fingerprint density at radius 3 is 2.50 bits per heavy atom. The average molecular weight is 502 g/mol. The van der Waals surface area contributed by atoms with Gasteiger partial charge in [-0.1, -0.05) is 60.7 Å². The lowest BCUT2D eigenvalue weighted by Gasteiger charge is -2.38. The van der Waals surface area contributed by atoms with Gasteiger partial charge in [0.25, 0.3) is 0 Å². The molecular weight excluding hydrogens is 469 g/mol. The van der Waals surface area contributed by atoms with Crippen LogP contribution in [0.15, 0.2) is 42.5 Å². The number of hydrogen-bond donors (Lipinski definition) is 3. The maximum Gasteiger partial charge on any atom is 0.242 e. The van der Waals surface area contributed by atoms with Gasteiger partial charge in [-0.3, -0.25) is 4.79 Å². The van der Waals surface area contributed by atoms with E-state index in [4.69, 9.17) is 40.5 Å². The van der Waals surface area contributed by atoms with Crippen molar-refractivity contribution in [3.05, 3.63) is 63.6 Å². The molecule has 2 aliphatic rings. The first-order chi connectivity index (χ1) is 16.2. The SMILES string of the molecule is C[C@H](c1ccc(Cl)cc1Cl)N(N)c1cc(C2=CCN(C(=O)C3(N)CCCCC3)CC2)ccc1N. The van der Waals surface area contributed by atoms with Gasteiger partial charge in [-0.2, -0.15) is 0 Å². The summed E-state index contributed by atoms with van der Waals surface area (Å²) in [6, 6.07) is 11.0. The molecule has 2 aromatic rings. The average Bonchev–Trinajstić information content (AvgIpc) is 2.84. The smallest absolute Gasteiger partial charge is 0.242 e. The van der Waals surface area contributed by atoms with Gasteiger partial charge in [0, 0.05) is 23.1 Å². The Kier molecular flexibility index (Phi) is 7.43. The number of rotatable bonds is 5. The number of amides is 1. The summed E-state index contributed by atoms with van der Waals surface area (Å²) in [6.07, 6.45) is 7.65. The van der Waals surface area contributed by atoms with Crippen LogP contribution in [0.3, 0.4) is 0 Å². The Balaban J connectivity index is 1.51. The topological polar surface area (TPSA) is 102 Å². The van der Waals surface area contributed by atoms with Crippen LogP contribution in [0.4, 0.5) is 11.4 Å². The van der Waals surface area contributed by atoms with E-state index in [0.29, 0.717) is 28.8 Å². The molecule has 0 spiro atoms. The van der Waals surface area contributed by atoms with Crippen LogP contribution in [0.2, 0.25) is 10.0 Å². The van der Waals surface area contributed by atoms with Crippen molar-refractivity contribution >= 4 is 46.1 Å². The number of nitrogens with zero attached hydrogens (tertiary/aromatic N) is 2. The predicted octanol–water partition coefficient (Wildman–Crippen LogP) is 5.29. The normalized spacial score (nSPS) is 18.9. The molecule has 1 saturated carbocycles. The molecule has 0 bridgehead atoms. The molecular formula is C26H33Cl2N5O. The fourth-order valence-electron chi connectivity index (χ4n) is 4.99. The minimum atomic E-state index is -0.697. The standard InChI is InChI=1S/C26H33Cl2N5O/c1-17(21-7-6-20(27)16-22(21)28)33(31)24-15-19(5-8-23(24)29)18-9-13-32(14-10-18)25(34)26(30)11-3-2-4-12-26/h5-9,15-17H,2-4,10-14,29-31H2,1H3/t17-/m1/s1. The van der Waals surface area contributed by atoms with Crippen LogP contribution in [0.25, 0.3) is 5.57 Å². The Labute approximate surface area is 211 Å².